The summed E-state index contributed by atoms with van der Waals surface area (Å²) in [5, 5.41) is 0. The van der Waals surface area contributed by atoms with Crippen LogP contribution >= 0.6 is 0 Å². The number of hydrogen-bond acceptors (Lipinski definition) is 1. The molecule has 2 heteroatoms. The summed E-state index contributed by atoms with van der Waals surface area (Å²) in [6.07, 6.45) is 2.97. The molecular weight excluding hydrogens is 167 g/mol. The Hall–Kier alpha value is -0.890. The number of fused-ring (bicyclic) bond motifs is 1. The quantitative estimate of drug-likeness (QED) is 0.645. The van der Waals surface area contributed by atoms with Gasteiger partial charge in [0.05, 0.1) is 6.10 Å². The number of benzene rings is 1. The molecule has 1 unspecified atom stereocenters. The topological polar surface area (TPSA) is 9.23 Å². The zero-order valence-electron chi connectivity index (χ0n) is 7.72. The standard InChI is InChI=1S/C11H13FO/c1-13-11-7-3-4-8-9(11)5-2-6-10(8)12/h2,5-6,11H,3-4,7H2,1H3. The highest BCUT2D eigenvalue weighted by Gasteiger charge is 2.21. The van der Waals surface area contributed by atoms with Crippen molar-refractivity contribution in [1.29, 1.82) is 0 Å². The van der Waals surface area contributed by atoms with Gasteiger partial charge in [-0.25, -0.2) is 4.39 Å². The molecule has 0 fully saturated rings. The Balaban J connectivity index is 2.45. The van der Waals surface area contributed by atoms with Gasteiger partial charge in [-0.1, -0.05) is 12.1 Å². The maximum absolute atomic E-state index is 13.3. The van der Waals surface area contributed by atoms with E-state index in [9.17, 15) is 4.39 Å². The molecule has 0 saturated heterocycles. The molecule has 2 rings (SSSR count). The summed E-state index contributed by atoms with van der Waals surface area (Å²) in [5.41, 5.74) is 1.88. The van der Waals surface area contributed by atoms with Crippen LogP contribution in [0.3, 0.4) is 0 Å². The third-order valence-electron chi connectivity index (χ3n) is 2.68. The molecule has 0 amide bonds. The molecule has 0 heterocycles. The minimum Gasteiger partial charge on any atom is -0.377 e. The first-order chi connectivity index (χ1) is 6.33. The fourth-order valence-corrected chi connectivity index (χ4v) is 2.01. The molecule has 1 atom stereocenters. The lowest BCUT2D eigenvalue weighted by Crippen LogP contribution is -2.12. The Morgan fingerprint density at radius 1 is 1.46 bits per heavy atom. The van der Waals surface area contributed by atoms with Gasteiger partial charge in [0.15, 0.2) is 0 Å². The lowest BCUT2D eigenvalue weighted by molar-refractivity contribution is 0.0874. The van der Waals surface area contributed by atoms with Gasteiger partial charge in [0.1, 0.15) is 5.82 Å². The van der Waals surface area contributed by atoms with Crippen molar-refractivity contribution in [2.75, 3.05) is 7.11 Å². The molecule has 0 aliphatic heterocycles. The van der Waals surface area contributed by atoms with Gasteiger partial charge in [-0.3, -0.25) is 0 Å². The van der Waals surface area contributed by atoms with E-state index in [4.69, 9.17) is 4.74 Å². The molecule has 0 saturated carbocycles. The van der Waals surface area contributed by atoms with Crippen molar-refractivity contribution >= 4 is 0 Å². The van der Waals surface area contributed by atoms with E-state index in [0.717, 1.165) is 30.4 Å². The second kappa shape index (κ2) is 3.46. The Labute approximate surface area is 77.5 Å². The highest BCUT2D eigenvalue weighted by molar-refractivity contribution is 5.32. The molecule has 1 nitrogen and oxygen atoms in total. The van der Waals surface area contributed by atoms with Crippen molar-refractivity contribution in [2.45, 2.75) is 25.4 Å². The van der Waals surface area contributed by atoms with Crippen LogP contribution in [-0.4, -0.2) is 7.11 Å². The zero-order chi connectivity index (χ0) is 9.26. The molecule has 13 heavy (non-hydrogen) atoms. The summed E-state index contributed by atoms with van der Waals surface area (Å²) < 4.78 is 18.6. The molecule has 0 N–H and O–H groups in total. The predicted molar refractivity (Wildman–Crippen MR) is 49.1 cm³/mol. The summed E-state index contributed by atoms with van der Waals surface area (Å²) in [7, 11) is 1.69. The van der Waals surface area contributed by atoms with E-state index < -0.39 is 0 Å². The first-order valence-corrected chi connectivity index (χ1v) is 4.63. The number of halogens is 1. The van der Waals surface area contributed by atoms with E-state index in [1.165, 1.54) is 6.07 Å². The number of ether oxygens (including phenoxy) is 1. The summed E-state index contributed by atoms with van der Waals surface area (Å²) >= 11 is 0. The van der Waals surface area contributed by atoms with Crippen LogP contribution in [0.25, 0.3) is 0 Å². The SMILES string of the molecule is COC1CCCc2c(F)cccc21. The van der Waals surface area contributed by atoms with Crippen molar-refractivity contribution in [3.05, 3.63) is 35.1 Å². The first-order valence-electron chi connectivity index (χ1n) is 4.63. The maximum Gasteiger partial charge on any atom is 0.126 e. The summed E-state index contributed by atoms with van der Waals surface area (Å²) in [6, 6.07) is 5.24. The highest BCUT2D eigenvalue weighted by atomic mass is 19.1. The van der Waals surface area contributed by atoms with Gasteiger partial charge in [-0.05, 0) is 36.5 Å². The predicted octanol–water partition coefficient (Wildman–Crippen LogP) is 2.85. The molecule has 1 aromatic rings. The molecular formula is C11H13FO. The smallest absolute Gasteiger partial charge is 0.126 e. The lowest BCUT2D eigenvalue weighted by atomic mass is 9.89. The molecule has 0 bridgehead atoms. The van der Waals surface area contributed by atoms with Gasteiger partial charge in [-0.15, -0.1) is 0 Å². The van der Waals surface area contributed by atoms with E-state index in [1.807, 2.05) is 6.07 Å². The van der Waals surface area contributed by atoms with Crippen LogP contribution in [0.15, 0.2) is 18.2 Å². The van der Waals surface area contributed by atoms with Gasteiger partial charge in [-0.2, -0.15) is 0 Å². The van der Waals surface area contributed by atoms with Crippen LogP contribution in [0.4, 0.5) is 4.39 Å². The zero-order valence-corrected chi connectivity index (χ0v) is 7.72. The van der Waals surface area contributed by atoms with E-state index in [1.54, 1.807) is 13.2 Å². The maximum atomic E-state index is 13.3. The Morgan fingerprint density at radius 3 is 3.08 bits per heavy atom. The van der Waals surface area contributed by atoms with Gasteiger partial charge in [0.25, 0.3) is 0 Å². The van der Waals surface area contributed by atoms with Gasteiger partial charge < -0.3 is 4.74 Å². The van der Waals surface area contributed by atoms with Crippen molar-refractivity contribution in [3.63, 3.8) is 0 Å². The van der Waals surface area contributed by atoms with E-state index in [0.29, 0.717) is 0 Å². The van der Waals surface area contributed by atoms with Crippen LogP contribution in [0.2, 0.25) is 0 Å². The van der Waals surface area contributed by atoms with E-state index >= 15 is 0 Å². The number of rotatable bonds is 1. The van der Waals surface area contributed by atoms with Crippen LogP contribution in [0.5, 0.6) is 0 Å². The highest BCUT2D eigenvalue weighted by Crippen LogP contribution is 2.32. The second-order valence-corrected chi connectivity index (χ2v) is 3.42. The molecule has 1 aliphatic carbocycles. The minimum absolute atomic E-state index is 0.0840. The molecule has 1 aliphatic rings. The van der Waals surface area contributed by atoms with E-state index in [-0.39, 0.29) is 11.9 Å². The van der Waals surface area contributed by atoms with Gasteiger partial charge in [0, 0.05) is 7.11 Å². The van der Waals surface area contributed by atoms with Gasteiger partial charge >= 0.3 is 0 Å². The lowest BCUT2D eigenvalue weighted by Gasteiger charge is -2.24. The Bertz CT molecular complexity index is 309. The van der Waals surface area contributed by atoms with Crippen molar-refractivity contribution < 1.29 is 9.13 Å². The molecule has 0 spiro atoms. The van der Waals surface area contributed by atoms with Crippen LogP contribution < -0.4 is 0 Å². The fraction of sp³-hybridized carbons (Fsp3) is 0.455. The number of methoxy groups -OCH3 is 1. The van der Waals surface area contributed by atoms with Crippen LogP contribution in [-0.2, 0) is 11.2 Å². The average molecular weight is 180 g/mol. The van der Waals surface area contributed by atoms with E-state index in [2.05, 4.69) is 0 Å². The number of hydrogen-bond donors (Lipinski definition) is 0. The summed E-state index contributed by atoms with van der Waals surface area (Å²) in [6.45, 7) is 0. The Kier molecular flexibility index (Phi) is 2.32. The molecule has 1 aromatic carbocycles. The average Bonchev–Trinajstić information content (AvgIpc) is 2.18. The fourth-order valence-electron chi connectivity index (χ4n) is 2.01. The largest absolute Gasteiger partial charge is 0.377 e. The first kappa shape index (κ1) is 8.70. The summed E-state index contributed by atoms with van der Waals surface area (Å²) in [5.74, 6) is -0.0840. The van der Waals surface area contributed by atoms with Crippen molar-refractivity contribution in [1.82, 2.24) is 0 Å². The minimum atomic E-state index is -0.0840. The second-order valence-electron chi connectivity index (χ2n) is 3.42. The normalized spacial score (nSPS) is 21.2. The van der Waals surface area contributed by atoms with Gasteiger partial charge in [0.2, 0.25) is 0 Å². The third-order valence-corrected chi connectivity index (χ3v) is 2.68. The summed E-state index contributed by atoms with van der Waals surface area (Å²) in [4.78, 5) is 0. The van der Waals surface area contributed by atoms with Crippen molar-refractivity contribution in [2.24, 2.45) is 0 Å². The van der Waals surface area contributed by atoms with Crippen LogP contribution in [0, 0.1) is 5.82 Å². The Morgan fingerprint density at radius 2 is 2.31 bits per heavy atom. The van der Waals surface area contributed by atoms with Crippen LogP contribution in [0.1, 0.15) is 30.1 Å². The molecule has 0 aromatic heterocycles. The molecule has 70 valence electrons. The molecule has 0 radical (unpaired) electrons. The third kappa shape index (κ3) is 1.46. The monoisotopic (exact) mass is 180 g/mol. The van der Waals surface area contributed by atoms with Crippen molar-refractivity contribution in [3.8, 4) is 0 Å².